The predicted octanol–water partition coefficient (Wildman–Crippen LogP) is 3.24. The summed E-state index contributed by atoms with van der Waals surface area (Å²) in [5, 5.41) is 2.98. The molecule has 2 amide bonds. The molecule has 1 heterocycles. The Bertz CT molecular complexity index is 644. The van der Waals surface area contributed by atoms with Crippen LogP contribution in [0.15, 0.2) is 24.3 Å². The normalized spacial score (nSPS) is 20.6. The van der Waals surface area contributed by atoms with Crippen molar-refractivity contribution in [3.63, 3.8) is 0 Å². The van der Waals surface area contributed by atoms with Gasteiger partial charge in [-0.3, -0.25) is 9.59 Å². The number of hydrogen-bond donors (Lipinski definition) is 1. The Hall–Kier alpha value is -2.04. The summed E-state index contributed by atoms with van der Waals surface area (Å²) in [6, 6.07) is 7.68. The van der Waals surface area contributed by atoms with Crippen LogP contribution in [0.25, 0.3) is 0 Å². The van der Waals surface area contributed by atoms with Gasteiger partial charge in [0.25, 0.3) is 5.91 Å². The molecule has 1 aromatic carbocycles. The lowest BCUT2D eigenvalue weighted by atomic mass is 9.91. The molecule has 0 unspecified atom stereocenters. The lowest BCUT2D eigenvalue weighted by Crippen LogP contribution is -2.46. The molecule has 5 nitrogen and oxygen atoms in total. The minimum Gasteiger partial charge on any atom is -0.493 e. The van der Waals surface area contributed by atoms with Gasteiger partial charge in [0.2, 0.25) is 5.91 Å². The van der Waals surface area contributed by atoms with Crippen molar-refractivity contribution in [3.05, 3.63) is 29.8 Å². The number of ether oxygens (including phenoxy) is 1. The topological polar surface area (TPSA) is 58.6 Å². The number of hydrogen-bond acceptors (Lipinski definition) is 3. The predicted molar refractivity (Wildman–Crippen MR) is 101 cm³/mol. The van der Waals surface area contributed by atoms with Gasteiger partial charge in [0.05, 0.1) is 6.61 Å². The number of amides is 2. The Morgan fingerprint density at radius 3 is 2.46 bits per heavy atom. The largest absolute Gasteiger partial charge is 0.493 e. The molecule has 0 aromatic heterocycles. The zero-order valence-corrected chi connectivity index (χ0v) is 16.1. The molecule has 1 saturated heterocycles. The van der Waals surface area contributed by atoms with Crippen molar-refractivity contribution < 1.29 is 14.3 Å². The fourth-order valence-electron chi connectivity index (χ4n) is 3.27. The second-order valence-electron chi connectivity index (χ2n) is 8.59. The summed E-state index contributed by atoms with van der Waals surface area (Å²) in [6.45, 7) is 8.11. The molecule has 2 aliphatic rings. The van der Waals surface area contributed by atoms with Gasteiger partial charge in [0.1, 0.15) is 5.75 Å². The highest BCUT2D eigenvalue weighted by Crippen LogP contribution is 2.24. The standard InChI is InChI=1S/C21H30N2O3/c1-21(2,3)20(25)23-12-4-5-15(13-23)14-26-18-10-6-16(7-11-18)19(24)22-17-8-9-17/h6-7,10-11,15,17H,4-5,8-9,12-14H2,1-3H3,(H,22,24)/t15-/m0/s1. The van der Waals surface area contributed by atoms with E-state index in [4.69, 9.17) is 4.74 Å². The van der Waals surface area contributed by atoms with E-state index in [2.05, 4.69) is 5.32 Å². The van der Waals surface area contributed by atoms with Crippen LogP contribution < -0.4 is 10.1 Å². The van der Waals surface area contributed by atoms with Crippen LogP contribution in [-0.4, -0.2) is 42.5 Å². The summed E-state index contributed by atoms with van der Waals surface area (Å²) in [4.78, 5) is 26.4. The Labute approximate surface area is 156 Å². The monoisotopic (exact) mass is 358 g/mol. The van der Waals surface area contributed by atoms with E-state index in [-0.39, 0.29) is 17.2 Å². The third-order valence-electron chi connectivity index (χ3n) is 4.96. The van der Waals surface area contributed by atoms with E-state index in [0.717, 1.165) is 44.5 Å². The summed E-state index contributed by atoms with van der Waals surface area (Å²) >= 11 is 0. The first-order chi connectivity index (χ1) is 12.3. The van der Waals surface area contributed by atoms with Crippen LogP contribution >= 0.6 is 0 Å². The van der Waals surface area contributed by atoms with Crippen molar-refractivity contribution in [1.29, 1.82) is 0 Å². The Balaban J connectivity index is 1.48. The van der Waals surface area contributed by atoms with Crippen LogP contribution in [0.1, 0.15) is 56.8 Å². The molecular formula is C21H30N2O3. The maximum atomic E-state index is 12.5. The van der Waals surface area contributed by atoms with Crippen molar-refractivity contribution in [3.8, 4) is 5.75 Å². The zero-order chi connectivity index (χ0) is 18.7. The van der Waals surface area contributed by atoms with Gasteiger partial charge in [-0.2, -0.15) is 0 Å². The number of likely N-dealkylation sites (tertiary alicyclic amines) is 1. The molecule has 1 saturated carbocycles. The number of nitrogens with zero attached hydrogens (tertiary/aromatic N) is 1. The number of carbonyl (C=O) groups is 2. The van der Waals surface area contributed by atoms with Gasteiger partial charge >= 0.3 is 0 Å². The number of benzene rings is 1. The SMILES string of the molecule is CC(C)(C)C(=O)N1CCC[C@H](COc2ccc(C(=O)NC3CC3)cc2)C1. The maximum absolute atomic E-state index is 12.5. The van der Waals surface area contributed by atoms with Crippen LogP contribution in [0, 0.1) is 11.3 Å². The molecule has 2 fully saturated rings. The zero-order valence-electron chi connectivity index (χ0n) is 16.1. The molecule has 1 aliphatic heterocycles. The Kier molecular flexibility index (Phi) is 5.54. The van der Waals surface area contributed by atoms with Gasteiger partial charge < -0.3 is 15.0 Å². The summed E-state index contributed by atoms with van der Waals surface area (Å²) in [6.07, 6.45) is 4.28. The molecule has 3 rings (SSSR count). The van der Waals surface area contributed by atoms with Crippen LogP contribution in [0.3, 0.4) is 0 Å². The first-order valence-corrected chi connectivity index (χ1v) is 9.66. The van der Waals surface area contributed by atoms with E-state index in [1.165, 1.54) is 0 Å². The van der Waals surface area contributed by atoms with Gasteiger partial charge in [-0.05, 0) is 49.9 Å². The molecular weight excluding hydrogens is 328 g/mol. The van der Waals surface area contributed by atoms with E-state index in [0.29, 0.717) is 24.1 Å². The number of piperidine rings is 1. The van der Waals surface area contributed by atoms with Gasteiger partial charge in [-0.1, -0.05) is 20.8 Å². The van der Waals surface area contributed by atoms with E-state index in [1.54, 1.807) is 0 Å². The van der Waals surface area contributed by atoms with Crippen molar-refractivity contribution in [2.45, 2.75) is 52.5 Å². The van der Waals surface area contributed by atoms with Gasteiger partial charge in [-0.25, -0.2) is 0 Å². The summed E-state index contributed by atoms with van der Waals surface area (Å²) < 4.78 is 5.92. The van der Waals surface area contributed by atoms with Crippen molar-refractivity contribution >= 4 is 11.8 Å². The molecule has 1 aliphatic carbocycles. The smallest absolute Gasteiger partial charge is 0.251 e. The Morgan fingerprint density at radius 1 is 1.15 bits per heavy atom. The third-order valence-corrected chi connectivity index (χ3v) is 4.96. The molecule has 1 atom stereocenters. The number of rotatable bonds is 5. The number of carbonyl (C=O) groups excluding carboxylic acids is 2. The fourth-order valence-corrected chi connectivity index (χ4v) is 3.27. The summed E-state index contributed by atoms with van der Waals surface area (Å²) in [7, 11) is 0. The van der Waals surface area contributed by atoms with Gasteiger partial charge in [0.15, 0.2) is 0 Å². The summed E-state index contributed by atoms with van der Waals surface area (Å²) in [5.74, 6) is 1.33. The van der Waals surface area contributed by atoms with Crippen LogP contribution in [-0.2, 0) is 4.79 Å². The number of nitrogens with one attached hydrogen (secondary N) is 1. The van der Waals surface area contributed by atoms with E-state index >= 15 is 0 Å². The first-order valence-electron chi connectivity index (χ1n) is 9.66. The first kappa shape index (κ1) is 18.7. The van der Waals surface area contributed by atoms with Crippen LogP contribution in [0.2, 0.25) is 0 Å². The molecule has 0 bridgehead atoms. The third kappa shape index (κ3) is 4.99. The highest BCUT2D eigenvalue weighted by atomic mass is 16.5. The highest BCUT2D eigenvalue weighted by molar-refractivity contribution is 5.94. The van der Waals surface area contributed by atoms with Gasteiger partial charge in [0, 0.05) is 36.0 Å². The minimum absolute atomic E-state index is 0.0114. The second kappa shape index (κ2) is 7.68. The van der Waals surface area contributed by atoms with E-state index < -0.39 is 0 Å². The van der Waals surface area contributed by atoms with Crippen molar-refractivity contribution in [2.75, 3.05) is 19.7 Å². The molecule has 1 N–H and O–H groups in total. The average Bonchev–Trinajstić information content (AvgIpc) is 3.43. The van der Waals surface area contributed by atoms with Crippen LogP contribution in [0.4, 0.5) is 0 Å². The molecule has 142 valence electrons. The Morgan fingerprint density at radius 2 is 1.85 bits per heavy atom. The molecule has 26 heavy (non-hydrogen) atoms. The fraction of sp³-hybridized carbons (Fsp3) is 0.619. The summed E-state index contributed by atoms with van der Waals surface area (Å²) in [5.41, 5.74) is 0.337. The van der Waals surface area contributed by atoms with E-state index in [1.807, 2.05) is 49.9 Å². The lowest BCUT2D eigenvalue weighted by molar-refractivity contribution is -0.141. The van der Waals surface area contributed by atoms with Gasteiger partial charge in [-0.15, -0.1) is 0 Å². The van der Waals surface area contributed by atoms with Crippen molar-refractivity contribution in [1.82, 2.24) is 10.2 Å². The highest BCUT2D eigenvalue weighted by Gasteiger charge is 2.31. The minimum atomic E-state index is -0.334. The molecule has 0 spiro atoms. The van der Waals surface area contributed by atoms with E-state index in [9.17, 15) is 9.59 Å². The molecule has 5 heteroatoms. The van der Waals surface area contributed by atoms with Crippen LogP contribution in [0.5, 0.6) is 5.75 Å². The molecule has 1 aromatic rings. The average molecular weight is 358 g/mol. The lowest BCUT2D eigenvalue weighted by Gasteiger charge is -2.36. The quantitative estimate of drug-likeness (QED) is 0.879. The maximum Gasteiger partial charge on any atom is 0.251 e. The second-order valence-corrected chi connectivity index (χ2v) is 8.59. The molecule has 0 radical (unpaired) electrons. The van der Waals surface area contributed by atoms with Crippen molar-refractivity contribution in [2.24, 2.45) is 11.3 Å².